The Balaban J connectivity index is 1.50. The van der Waals surface area contributed by atoms with Gasteiger partial charge in [0.25, 0.3) is 5.92 Å². The lowest BCUT2D eigenvalue weighted by molar-refractivity contribution is -0.145. The van der Waals surface area contributed by atoms with Crippen molar-refractivity contribution in [3.05, 3.63) is 47.7 Å². The van der Waals surface area contributed by atoms with Crippen LogP contribution in [0.25, 0.3) is 0 Å². The highest BCUT2D eigenvalue weighted by atomic mass is 19.4. The lowest BCUT2D eigenvalue weighted by Gasteiger charge is -2.37. The van der Waals surface area contributed by atoms with Crippen molar-refractivity contribution in [2.24, 2.45) is 0 Å². The summed E-state index contributed by atoms with van der Waals surface area (Å²) in [6, 6.07) is 2.75. The number of nitrogens with one attached hydrogen (secondary N) is 1. The number of alkyl halides is 5. The van der Waals surface area contributed by atoms with E-state index >= 15 is 0 Å². The van der Waals surface area contributed by atoms with E-state index in [1.807, 2.05) is 0 Å². The largest absolute Gasteiger partial charge is 0.476 e. The minimum absolute atomic E-state index is 0.00871. The van der Waals surface area contributed by atoms with E-state index in [1.54, 1.807) is 23.2 Å². The average molecular weight is 457 g/mol. The Labute approximate surface area is 180 Å². The fourth-order valence-electron chi connectivity index (χ4n) is 3.86. The van der Waals surface area contributed by atoms with E-state index in [1.165, 1.54) is 0 Å². The summed E-state index contributed by atoms with van der Waals surface area (Å²) in [6.07, 6.45) is -1.86. The fourth-order valence-corrected chi connectivity index (χ4v) is 3.86. The van der Waals surface area contributed by atoms with Gasteiger partial charge in [0.05, 0.1) is 6.04 Å². The number of aromatic nitrogens is 3. The van der Waals surface area contributed by atoms with Crippen LogP contribution >= 0.6 is 0 Å². The highest BCUT2D eigenvalue weighted by Crippen LogP contribution is 2.34. The fraction of sp³-hybridized carbons (Fsp3) is 0.500. The average Bonchev–Trinajstić information content (AvgIpc) is 3.19. The van der Waals surface area contributed by atoms with Crippen LogP contribution in [0.2, 0.25) is 0 Å². The topological polar surface area (TPSA) is 80.2 Å². The van der Waals surface area contributed by atoms with Crippen LogP contribution in [0.5, 0.6) is 5.88 Å². The number of hydrogen-bond acceptors (Lipinski definition) is 6. The lowest BCUT2D eigenvalue weighted by Crippen LogP contribution is -2.45. The number of nitrogens with zero attached hydrogens (tertiary/aromatic N) is 4. The van der Waals surface area contributed by atoms with Crippen molar-refractivity contribution in [3.8, 4) is 5.88 Å². The lowest BCUT2D eigenvalue weighted by atomic mass is 10.00. The van der Waals surface area contributed by atoms with Crippen LogP contribution in [0.1, 0.15) is 41.8 Å². The van der Waals surface area contributed by atoms with Crippen molar-refractivity contribution in [2.45, 2.75) is 36.9 Å². The third-order valence-corrected chi connectivity index (χ3v) is 5.63. The maximum absolute atomic E-state index is 13.6. The number of pyridine rings is 1. The highest BCUT2D eigenvalue weighted by molar-refractivity contribution is 5.85. The number of rotatable bonds is 5. The summed E-state index contributed by atoms with van der Waals surface area (Å²) >= 11 is 0. The molecule has 1 fully saturated rings. The number of amides is 1. The Kier molecular flexibility index (Phi) is 5.97. The first-order valence-electron chi connectivity index (χ1n) is 10.0. The molecule has 0 spiro atoms. The number of halogens is 5. The summed E-state index contributed by atoms with van der Waals surface area (Å²) in [5.74, 6) is -4.65. The second-order valence-corrected chi connectivity index (χ2v) is 7.75. The third kappa shape index (κ3) is 4.79. The minimum Gasteiger partial charge on any atom is -0.476 e. The van der Waals surface area contributed by atoms with E-state index in [2.05, 4.69) is 20.3 Å². The number of fused-ring (bicyclic) bond motifs is 1. The zero-order chi connectivity index (χ0) is 22.9. The Bertz CT molecular complexity index is 960. The number of hydrogen-bond donors (Lipinski definition) is 1. The van der Waals surface area contributed by atoms with Gasteiger partial charge in [0.1, 0.15) is 12.5 Å². The number of ether oxygens (including phenoxy) is 1. The van der Waals surface area contributed by atoms with Gasteiger partial charge in [-0.05, 0) is 6.07 Å². The molecule has 0 unspecified atom stereocenters. The first kappa shape index (κ1) is 22.3. The quantitative estimate of drug-likeness (QED) is 0.696. The summed E-state index contributed by atoms with van der Waals surface area (Å²) in [7, 11) is 0. The summed E-state index contributed by atoms with van der Waals surface area (Å²) in [4.78, 5) is 25.3. The standard InChI is InChI=1S/C20H20F5N5O2/c21-19(22)3-6-30(7-4-19)15(12-8-28-18(29-9-12)20(23,24)25)10-27-16(31)14-11-32-17-13(14)2-1-5-26-17/h1-2,5,8-9,14-15H,3-4,6-7,10-11H2,(H,27,31)/t14-,15+/m1/s1. The molecule has 4 heterocycles. The first-order valence-corrected chi connectivity index (χ1v) is 10.0. The highest BCUT2D eigenvalue weighted by Gasteiger charge is 2.39. The zero-order valence-corrected chi connectivity index (χ0v) is 16.8. The van der Waals surface area contributed by atoms with Crippen molar-refractivity contribution in [1.82, 2.24) is 25.2 Å². The second kappa shape index (κ2) is 8.57. The van der Waals surface area contributed by atoms with Gasteiger partial charge < -0.3 is 10.1 Å². The normalized spacial score (nSPS) is 21.5. The molecule has 7 nitrogen and oxygen atoms in total. The molecule has 4 rings (SSSR count). The van der Waals surface area contributed by atoms with Gasteiger partial charge in [-0.3, -0.25) is 9.69 Å². The number of carbonyl (C=O) groups excluding carboxylic acids is 1. The molecule has 0 bridgehead atoms. The first-order chi connectivity index (χ1) is 15.1. The molecule has 0 saturated carbocycles. The summed E-state index contributed by atoms with van der Waals surface area (Å²) in [5, 5.41) is 2.77. The van der Waals surface area contributed by atoms with E-state index in [0.29, 0.717) is 17.0 Å². The van der Waals surface area contributed by atoms with Crippen molar-refractivity contribution >= 4 is 5.91 Å². The van der Waals surface area contributed by atoms with Gasteiger partial charge in [0.15, 0.2) is 0 Å². The van der Waals surface area contributed by atoms with Crippen LogP contribution in [0.4, 0.5) is 22.0 Å². The van der Waals surface area contributed by atoms with Gasteiger partial charge in [-0.1, -0.05) is 6.07 Å². The van der Waals surface area contributed by atoms with Crippen molar-refractivity contribution < 1.29 is 31.5 Å². The molecule has 2 atom stereocenters. The summed E-state index contributed by atoms with van der Waals surface area (Å²) in [6.45, 7) is 0.148. The molecule has 1 saturated heterocycles. The molecule has 0 aromatic carbocycles. The van der Waals surface area contributed by atoms with Crippen molar-refractivity contribution in [2.75, 3.05) is 26.2 Å². The van der Waals surface area contributed by atoms with Crippen molar-refractivity contribution in [3.63, 3.8) is 0 Å². The SMILES string of the molecule is O=C(NC[C@@H](c1cnc(C(F)(F)F)nc1)N1CCC(F)(F)CC1)[C@@H]1COc2ncccc21. The van der Waals surface area contributed by atoms with E-state index in [-0.39, 0.29) is 45.0 Å². The van der Waals surface area contributed by atoms with Gasteiger partial charge >= 0.3 is 6.18 Å². The van der Waals surface area contributed by atoms with Crippen LogP contribution in [-0.2, 0) is 11.0 Å². The molecule has 12 heteroatoms. The molecule has 1 amide bonds. The molecular formula is C20H20F5N5O2. The Morgan fingerprint density at radius 2 is 1.91 bits per heavy atom. The van der Waals surface area contributed by atoms with Gasteiger partial charge in [0, 0.05) is 62.2 Å². The van der Waals surface area contributed by atoms with Gasteiger partial charge in [0.2, 0.25) is 17.6 Å². The summed E-state index contributed by atoms with van der Waals surface area (Å²) in [5.41, 5.74) is 0.935. The maximum atomic E-state index is 13.6. The van der Waals surface area contributed by atoms with Crippen LogP contribution in [0, 0.1) is 0 Å². The van der Waals surface area contributed by atoms with E-state index < -0.39 is 29.9 Å². The maximum Gasteiger partial charge on any atom is 0.451 e. The van der Waals surface area contributed by atoms with E-state index in [0.717, 1.165) is 12.4 Å². The molecule has 2 aromatic heterocycles. The second-order valence-electron chi connectivity index (χ2n) is 7.75. The molecule has 172 valence electrons. The van der Waals surface area contributed by atoms with Gasteiger partial charge in [-0.25, -0.2) is 23.7 Å². The van der Waals surface area contributed by atoms with Gasteiger partial charge in [-0.15, -0.1) is 0 Å². The van der Waals surface area contributed by atoms with Crippen LogP contribution in [0.3, 0.4) is 0 Å². The Hall–Kier alpha value is -2.89. The molecular weight excluding hydrogens is 437 g/mol. The van der Waals surface area contributed by atoms with E-state index in [4.69, 9.17) is 4.74 Å². The monoisotopic (exact) mass is 457 g/mol. The van der Waals surface area contributed by atoms with Crippen LogP contribution in [-0.4, -0.2) is 57.9 Å². The smallest absolute Gasteiger partial charge is 0.451 e. The minimum atomic E-state index is -4.70. The molecule has 32 heavy (non-hydrogen) atoms. The number of likely N-dealkylation sites (tertiary alicyclic amines) is 1. The number of carbonyl (C=O) groups is 1. The number of piperidine rings is 1. The van der Waals surface area contributed by atoms with Crippen LogP contribution < -0.4 is 10.1 Å². The van der Waals surface area contributed by atoms with Crippen molar-refractivity contribution in [1.29, 1.82) is 0 Å². The molecule has 2 aromatic rings. The predicted molar refractivity (Wildman–Crippen MR) is 101 cm³/mol. The van der Waals surface area contributed by atoms with Crippen LogP contribution in [0.15, 0.2) is 30.7 Å². The molecule has 0 aliphatic carbocycles. The molecule has 2 aliphatic heterocycles. The predicted octanol–water partition coefficient (Wildman–Crippen LogP) is 2.96. The van der Waals surface area contributed by atoms with E-state index in [9.17, 15) is 26.7 Å². The molecule has 0 radical (unpaired) electrons. The Morgan fingerprint density at radius 1 is 1.22 bits per heavy atom. The Morgan fingerprint density at radius 3 is 2.56 bits per heavy atom. The summed E-state index contributed by atoms with van der Waals surface area (Å²) < 4.78 is 71.1. The molecule has 1 N–H and O–H groups in total. The van der Waals surface area contributed by atoms with Gasteiger partial charge in [-0.2, -0.15) is 13.2 Å². The third-order valence-electron chi connectivity index (χ3n) is 5.63. The molecule has 2 aliphatic rings. The zero-order valence-electron chi connectivity index (χ0n) is 16.8.